The molecule has 0 fully saturated rings. The van der Waals surface area contributed by atoms with Crippen LogP contribution >= 0.6 is 0 Å². The number of rotatable bonds is 4. The highest BCUT2D eigenvalue weighted by atomic mass is 16.4. The summed E-state index contributed by atoms with van der Waals surface area (Å²) in [6, 6.07) is 9.33. The largest absolute Gasteiger partial charge is 0.481 e. The van der Waals surface area contributed by atoms with Gasteiger partial charge in [0.2, 0.25) is 0 Å². The number of para-hydroxylation sites is 1. The average Bonchev–Trinajstić information content (AvgIpc) is 2.14. The summed E-state index contributed by atoms with van der Waals surface area (Å²) in [7, 11) is 0. The van der Waals surface area contributed by atoms with Crippen LogP contribution in [-0.2, 0) is 4.79 Å². The third-order valence-electron chi connectivity index (χ3n) is 1.32. The molecule has 13 heavy (non-hydrogen) atoms. The molecule has 68 valence electrons. The van der Waals surface area contributed by atoms with E-state index in [-0.39, 0.29) is 6.42 Å². The van der Waals surface area contributed by atoms with Gasteiger partial charge in [0.25, 0.3) is 0 Å². The number of anilines is 1. The normalized spacial score (nSPS) is 10.2. The first-order valence-corrected chi connectivity index (χ1v) is 3.83. The van der Waals surface area contributed by atoms with E-state index in [2.05, 4.69) is 10.5 Å². The predicted octanol–water partition coefficient (Wildman–Crippen LogP) is 1.56. The maximum absolute atomic E-state index is 10.1. The molecule has 0 atom stereocenters. The lowest BCUT2D eigenvalue weighted by Gasteiger charge is -1.96. The van der Waals surface area contributed by atoms with Crippen LogP contribution in [0.25, 0.3) is 0 Å². The van der Waals surface area contributed by atoms with Gasteiger partial charge in [0.05, 0.1) is 12.1 Å². The number of carboxylic acids is 1. The summed E-state index contributed by atoms with van der Waals surface area (Å²) >= 11 is 0. The lowest BCUT2D eigenvalue weighted by Crippen LogP contribution is -1.96. The summed E-state index contributed by atoms with van der Waals surface area (Å²) in [6.45, 7) is 0. The number of carboxylic acid groups (broad SMARTS) is 1. The molecule has 0 aliphatic carbocycles. The molecule has 0 bridgehead atoms. The molecule has 0 aliphatic rings. The van der Waals surface area contributed by atoms with Crippen LogP contribution in [0.4, 0.5) is 5.69 Å². The van der Waals surface area contributed by atoms with E-state index in [1.807, 2.05) is 30.3 Å². The number of carbonyl (C=O) groups is 1. The number of hydrazone groups is 1. The maximum atomic E-state index is 10.1. The Kier molecular flexibility index (Phi) is 3.50. The number of benzene rings is 1. The van der Waals surface area contributed by atoms with Crippen molar-refractivity contribution in [3.05, 3.63) is 30.3 Å². The molecule has 4 nitrogen and oxygen atoms in total. The highest BCUT2D eigenvalue weighted by molar-refractivity contribution is 5.84. The molecule has 0 aromatic heterocycles. The molecule has 1 rings (SSSR count). The number of nitrogens with zero attached hydrogens (tertiary/aromatic N) is 1. The fourth-order valence-electron chi connectivity index (χ4n) is 0.757. The van der Waals surface area contributed by atoms with Crippen LogP contribution in [0, 0.1) is 0 Å². The van der Waals surface area contributed by atoms with Gasteiger partial charge in [-0.25, -0.2) is 0 Å². The summed E-state index contributed by atoms with van der Waals surface area (Å²) in [5.41, 5.74) is 3.54. The topological polar surface area (TPSA) is 61.7 Å². The minimum atomic E-state index is -0.890. The summed E-state index contributed by atoms with van der Waals surface area (Å²) in [4.78, 5) is 10.1. The number of aliphatic carboxylic acids is 1. The first-order chi connectivity index (χ1) is 6.29. The zero-order valence-corrected chi connectivity index (χ0v) is 6.97. The molecule has 4 heteroatoms. The summed E-state index contributed by atoms with van der Waals surface area (Å²) in [5, 5.41) is 12.0. The Morgan fingerprint density at radius 2 is 2.15 bits per heavy atom. The van der Waals surface area contributed by atoms with Gasteiger partial charge in [-0.2, -0.15) is 5.10 Å². The van der Waals surface area contributed by atoms with E-state index in [1.165, 1.54) is 6.21 Å². The van der Waals surface area contributed by atoms with Crippen LogP contribution in [0.2, 0.25) is 0 Å². The number of nitrogens with one attached hydrogen (secondary N) is 1. The van der Waals surface area contributed by atoms with Gasteiger partial charge < -0.3 is 5.11 Å². The summed E-state index contributed by atoms with van der Waals surface area (Å²) < 4.78 is 0. The summed E-state index contributed by atoms with van der Waals surface area (Å²) in [6.07, 6.45) is 1.25. The van der Waals surface area contributed by atoms with Crippen molar-refractivity contribution in [1.29, 1.82) is 0 Å². The second-order valence-electron chi connectivity index (χ2n) is 2.39. The van der Waals surface area contributed by atoms with E-state index in [9.17, 15) is 4.79 Å². The Hall–Kier alpha value is -1.84. The molecular weight excluding hydrogens is 168 g/mol. The van der Waals surface area contributed by atoms with E-state index in [0.29, 0.717) is 0 Å². The molecule has 0 unspecified atom stereocenters. The molecule has 0 spiro atoms. The van der Waals surface area contributed by atoms with Crippen LogP contribution in [0.1, 0.15) is 6.42 Å². The van der Waals surface area contributed by atoms with Gasteiger partial charge in [0.15, 0.2) is 0 Å². The van der Waals surface area contributed by atoms with E-state index in [4.69, 9.17) is 5.11 Å². The van der Waals surface area contributed by atoms with Crippen molar-refractivity contribution in [2.24, 2.45) is 5.10 Å². The Morgan fingerprint density at radius 1 is 1.46 bits per heavy atom. The van der Waals surface area contributed by atoms with Crippen LogP contribution in [0.15, 0.2) is 35.4 Å². The van der Waals surface area contributed by atoms with Crippen LogP contribution in [0.3, 0.4) is 0 Å². The van der Waals surface area contributed by atoms with Crippen molar-refractivity contribution >= 4 is 17.9 Å². The van der Waals surface area contributed by atoms with Crippen molar-refractivity contribution in [3.8, 4) is 0 Å². The van der Waals surface area contributed by atoms with Gasteiger partial charge in [-0.3, -0.25) is 10.2 Å². The molecule has 1 aromatic carbocycles. The molecular formula is C9H10N2O2. The van der Waals surface area contributed by atoms with Gasteiger partial charge in [-0.15, -0.1) is 0 Å². The van der Waals surface area contributed by atoms with Gasteiger partial charge in [-0.1, -0.05) is 18.2 Å². The predicted molar refractivity (Wildman–Crippen MR) is 50.8 cm³/mol. The zero-order chi connectivity index (χ0) is 9.52. The van der Waals surface area contributed by atoms with Gasteiger partial charge in [0, 0.05) is 6.21 Å². The molecule has 0 saturated carbocycles. The SMILES string of the molecule is O=C(O)CC=NNc1ccccc1. The van der Waals surface area contributed by atoms with Crippen molar-refractivity contribution in [2.75, 3.05) is 5.43 Å². The fourth-order valence-corrected chi connectivity index (χ4v) is 0.757. The third kappa shape index (κ3) is 3.91. The van der Waals surface area contributed by atoms with Crippen LogP contribution < -0.4 is 5.43 Å². The van der Waals surface area contributed by atoms with Crippen molar-refractivity contribution < 1.29 is 9.90 Å². The lowest BCUT2D eigenvalue weighted by molar-refractivity contribution is -0.135. The Labute approximate surface area is 75.9 Å². The van der Waals surface area contributed by atoms with Crippen molar-refractivity contribution in [2.45, 2.75) is 6.42 Å². The van der Waals surface area contributed by atoms with Crippen LogP contribution in [-0.4, -0.2) is 17.3 Å². The molecule has 0 aliphatic heterocycles. The van der Waals surface area contributed by atoms with E-state index in [0.717, 1.165) is 5.69 Å². The van der Waals surface area contributed by atoms with Gasteiger partial charge >= 0.3 is 5.97 Å². The molecule has 2 N–H and O–H groups in total. The molecule has 0 saturated heterocycles. The van der Waals surface area contributed by atoms with E-state index >= 15 is 0 Å². The van der Waals surface area contributed by atoms with Crippen molar-refractivity contribution in [1.82, 2.24) is 0 Å². The smallest absolute Gasteiger partial charge is 0.308 e. The minimum absolute atomic E-state index is 0.0696. The Bertz CT molecular complexity index is 296. The highest BCUT2D eigenvalue weighted by Crippen LogP contribution is 2.03. The quantitative estimate of drug-likeness (QED) is 0.543. The van der Waals surface area contributed by atoms with Gasteiger partial charge in [-0.05, 0) is 12.1 Å². The number of hydrogen-bond donors (Lipinski definition) is 2. The Morgan fingerprint density at radius 3 is 2.77 bits per heavy atom. The molecule has 0 amide bonds. The molecule has 0 heterocycles. The standard InChI is InChI=1S/C9H10N2O2/c12-9(13)6-7-10-11-8-4-2-1-3-5-8/h1-5,7,11H,6H2,(H,12,13). The first-order valence-electron chi connectivity index (χ1n) is 3.83. The molecule has 1 aromatic rings. The number of hydrogen-bond acceptors (Lipinski definition) is 3. The maximum Gasteiger partial charge on any atom is 0.308 e. The Balaban J connectivity index is 2.35. The zero-order valence-electron chi connectivity index (χ0n) is 6.97. The second-order valence-corrected chi connectivity index (χ2v) is 2.39. The van der Waals surface area contributed by atoms with Crippen LogP contribution in [0.5, 0.6) is 0 Å². The fraction of sp³-hybridized carbons (Fsp3) is 0.111. The second kappa shape index (κ2) is 4.92. The van der Waals surface area contributed by atoms with E-state index < -0.39 is 5.97 Å². The first kappa shape index (κ1) is 9.25. The van der Waals surface area contributed by atoms with Gasteiger partial charge in [0.1, 0.15) is 0 Å². The highest BCUT2D eigenvalue weighted by Gasteiger charge is 1.89. The minimum Gasteiger partial charge on any atom is -0.481 e. The van der Waals surface area contributed by atoms with E-state index in [1.54, 1.807) is 0 Å². The third-order valence-corrected chi connectivity index (χ3v) is 1.32. The average molecular weight is 178 g/mol. The van der Waals surface area contributed by atoms with Crippen molar-refractivity contribution in [3.63, 3.8) is 0 Å². The summed E-state index contributed by atoms with van der Waals surface area (Å²) in [5.74, 6) is -0.890. The lowest BCUT2D eigenvalue weighted by atomic mass is 10.3. The monoisotopic (exact) mass is 178 g/mol. The molecule has 0 radical (unpaired) electrons.